The fraction of sp³-hybridized carbons (Fsp3) is 1.00. The Hall–Kier alpha value is 0.239. The molecule has 1 rings (SSSR count). The van der Waals surface area contributed by atoms with Crippen LogP contribution >= 0.6 is 0 Å². The molecule has 1 aliphatic heterocycles. The first kappa shape index (κ1) is 6.36. The summed E-state index contributed by atoms with van der Waals surface area (Å²) in [6.45, 7) is 0. The van der Waals surface area contributed by atoms with E-state index in [1.54, 1.807) is 0 Å². The quantitative estimate of drug-likeness (QED) is 0.480. The first-order valence-corrected chi connectivity index (χ1v) is 5.53. The Morgan fingerprint density at radius 2 is 1.62 bits per heavy atom. The molecule has 1 heterocycles. The van der Waals surface area contributed by atoms with Gasteiger partial charge in [0.05, 0.1) is 0 Å². The van der Waals surface area contributed by atoms with Crippen molar-refractivity contribution in [3.8, 4) is 0 Å². The van der Waals surface area contributed by atoms with Crippen molar-refractivity contribution in [1.29, 1.82) is 0 Å². The summed E-state index contributed by atoms with van der Waals surface area (Å²) < 4.78 is 10.6. The predicted octanol–water partition coefficient (Wildman–Crippen LogP) is -0.856. The molecule has 3 nitrogen and oxygen atoms in total. The maximum absolute atomic E-state index is 10.6. The molecule has 48 valence electrons. The second-order valence-electron chi connectivity index (χ2n) is 1.91. The summed E-state index contributed by atoms with van der Waals surface area (Å²) in [6.07, 6.45) is -1.42. The summed E-state index contributed by atoms with van der Waals surface area (Å²) >= 11 is -1.80. The molecular weight excluding hydrogens is 175 g/mol. The van der Waals surface area contributed by atoms with E-state index in [1.165, 1.54) is 0 Å². The van der Waals surface area contributed by atoms with E-state index in [2.05, 4.69) is 0 Å². The van der Waals surface area contributed by atoms with Crippen molar-refractivity contribution in [2.75, 3.05) is 0 Å². The summed E-state index contributed by atoms with van der Waals surface area (Å²) in [4.78, 5) is 0. The summed E-state index contributed by atoms with van der Waals surface area (Å²) in [7, 11) is 0. The zero-order valence-electron chi connectivity index (χ0n) is 4.28. The normalized spacial score (nSPS) is 47.5. The van der Waals surface area contributed by atoms with E-state index in [0.717, 1.165) is 0 Å². The Kier molecular flexibility index (Phi) is 1.77. The summed E-state index contributed by atoms with van der Waals surface area (Å²) in [5, 5.41) is 18.2. The standard InChI is InChI=1S/C4H8O3Se/c5-3-1-8(7)2-4(3)6/h3-6H,1-2H2. The van der Waals surface area contributed by atoms with Gasteiger partial charge in [-0.15, -0.1) is 0 Å². The molecule has 4 heteroatoms. The molecule has 2 atom stereocenters. The van der Waals surface area contributed by atoms with Gasteiger partial charge in [-0.3, -0.25) is 0 Å². The molecular formula is C4H8O3Se. The topological polar surface area (TPSA) is 57.5 Å². The average molecular weight is 183 g/mol. The molecule has 0 radical (unpaired) electrons. The van der Waals surface area contributed by atoms with Crippen LogP contribution in [0.4, 0.5) is 0 Å². The van der Waals surface area contributed by atoms with Crippen LogP contribution in [0.25, 0.3) is 0 Å². The monoisotopic (exact) mass is 184 g/mol. The van der Waals surface area contributed by atoms with Gasteiger partial charge in [0, 0.05) is 0 Å². The van der Waals surface area contributed by atoms with E-state index in [9.17, 15) is 3.83 Å². The molecule has 0 aliphatic carbocycles. The third-order valence-electron chi connectivity index (χ3n) is 1.16. The molecule has 1 aliphatic rings. The molecule has 0 spiro atoms. The molecule has 0 aromatic heterocycles. The molecule has 0 aromatic carbocycles. The number of hydrogen-bond acceptors (Lipinski definition) is 3. The van der Waals surface area contributed by atoms with Gasteiger partial charge in [-0.2, -0.15) is 0 Å². The molecule has 1 saturated heterocycles. The summed E-state index contributed by atoms with van der Waals surface area (Å²) in [5.74, 6) is 0. The van der Waals surface area contributed by atoms with Gasteiger partial charge in [0.25, 0.3) is 0 Å². The maximum atomic E-state index is 10.6. The van der Waals surface area contributed by atoms with Crippen LogP contribution in [0.3, 0.4) is 0 Å². The number of aliphatic hydroxyl groups is 2. The Bertz CT molecular complexity index is 102. The minimum absolute atomic E-state index is 0.334. The van der Waals surface area contributed by atoms with Crippen LogP contribution in [0.15, 0.2) is 0 Å². The van der Waals surface area contributed by atoms with Gasteiger partial charge in [-0.1, -0.05) is 0 Å². The van der Waals surface area contributed by atoms with Crippen molar-refractivity contribution < 1.29 is 14.0 Å². The van der Waals surface area contributed by atoms with Gasteiger partial charge in [0.15, 0.2) is 0 Å². The Morgan fingerprint density at radius 1 is 1.25 bits per heavy atom. The van der Waals surface area contributed by atoms with Crippen LogP contribution in [0.1, 0.15) is 0 Å². The third-order valence-corrected chi connectivity index (χ3v) is 4.15. The van der Waals surface area contributed by atoms with Gasteiger partial charge in [-0.25, -0.2) is 0 Å². The molecule has 0 amide bonds. The van der Waals surface area contributed by atoms with Crippen molar-refractivity contribution in [3.63, 3.8) is 0 Å². The van der Waals surface area contributed by atoms with Gasteiger partial charge in [-0.05, 0) is 0 Å². The van der Waals surface area contributed by atoms with E-state index in [4.69, 9.17) is 10.2 Å². The zero-order chi connectivity index (χ0) is 6.15. The fourth-order valence-corrected chi connectivity index (χ4v) is 3.49. The van der Waals surface area contributed by atoms with Crippen LogP contribution in [-0.2, 0) is 3.83 Å². The SMILES string of the molecule is O=[Se]1CC(O)C(O)C1. The van der Waals surface area contributed by atoms with Crippen molar-refractivity contribution in [3.05, 3.63) is 0 Å². The molecule has 0 bridgehead atoms. The Morgan fingerprint density at radius 3 is 1.75 bits per heavy atom. The number of hydrogen-bond donors (Lipinski definition) is 2. The first-order valence-electron chi connectivity index (χ1n) is 2.41. The molecule has 0 saturated carbocycles. The number of aliphatic hydroxyl groups excluding tert-OH is 2. The Labute approximate surface area is 51.4 Å². The van der Waals surface area contributed by atoms with Gasteiger partial charge < -0.3 is 0 Å². The molecule has 0 aromatic rings. The van der Waals surface area contributed by atoms with Crippen LogP contribution in [0.5, 0.6) is 0 Å². The summed E-state index contributed by atoms with van der Waals surface area (Å²) in [5.41, 5.74) is 0. The van der Waals surface area contributed by atoms with Crippen molar-refractivity contribution in [2.45, 2.75) is 22.8 Å². The number of rotatable bonds is 0. The Balaban J connectivity index is 2.51. The van der Waals surface area contributed by atoms with Gasteiger partial charge in [0.1, 0.15) is 0 Å². The first-order chi connectivity index (χ1) is 3.70. The zero-order valence-corrected chi connectivity index (χ0v) is 5.99. The van der Waals surface area contributed by atoms with E-state index < -0.39 is 26.0 Å². The van der Waals surface area contributed by atoms with E-state index in [1.807, 2.05) is 0 Å². The molecule has 2 N–H and O–H groups in total. The van der Waals surface area contributed by atoms with Crippen LogP contribution < -0.4 is 0 Å². The van der Waals surface area contributed by atoms with E-state index in [0.29, 0.717) is 10.6 Å². The van der Waals surface area contributed by atoms with Gasteiger partial charge in [0.2, 0.25) is 0 Å². The minimum atomic E-state index is -1.80. The molecule has 8 heavy (non-hydrogen) atoms. The van der Waals surface area contributed by atoms with Crippen molar-refractivity contribution >= 4 is 13.8 Å². The van der Waals surface area contributed by atoms with E-state index >= 15 is 0 Å². The van der Waals surface area contributed by atoms with Crippen molar-refractivity contribution in [2.24, 2.45) is 0 Å². The predicted molar refractivity (Wildman–Crippen MR) is 28.1 cm³/mol. The van der Waals surface area contributed by atoms with Crippen LogP contribution in [-0.4, -0.2) is 36.3 Å². The second-order valence-corrected chi connectivity index (χ2v) is 5.15. The van der Waals surface area contributed by atoms with Crippen molar-refractivity contribution in [1.82, 2.24) is 0 Å². The van der Waals surface area contributed by atoms with Crippen LogP contribution in [0.2, 0.25) is 10.6 Å². The van der Waals surface area contributed by atoms with Gasteiger partial charge >= 0.3 is 50.7 Å². The second kappa shape index (κ2) is 2.23. The average Bonchev–Trinajstić information content (AvgIpc) is 1.85. The molecule has 2 unspecified atom stereocenters. The van der Waals surface area contributed by atoms with Crippen LogP contribution in [0, 0.1) is 0 Å². The molecule has 1 fully saturated rings. The third kappa shape index (κ3) is 1.14. The van der Waals surface area contributed by atoms with E-state index in [-0.39, 0.29) is 0 Å². The summed E-state index contributed by atoms with van der Waals surface area (Å²) in [6, 6.07) is 0. The fourth-order valence-electron chi connectivity index (χ4n) is 0.671.